The van der Waals surface area contributed by atoms with Gasteiger partial charge < -0.3 is 5.11 Å². The van der Waals surface area contributed by atoms with Crippen LogP contribution in [0.5, 0.6) is 0 Å². The van der Waals surface area contributed by atoms with Crippen LogP contribution in [0.15, 0.2) is 11.4 Å². The minimum atomic E-state index is -0.865. The van der Waals surface area contributed by atoms with Gasteiger partial charge in [-0.2, -0.15) is 0 Å². The topological polar surface area (TPSA) is 74.7 Å². The summed E-state index contributed by atoms with van der Waals surface area (Å²) in [6.07, 6.45) is 4.19. The number of rotatable bonds is 8. The first-order valence-electron chi connectivity index (χ1n) is 9.23. The molecular weight excluding hydrogens is 350 g/mol. The van der Waals surface area contributed by atoms with Crippen molar-refractivity contribution in [2.75, 3.05) is 13.1 Å². The Labute approximate surface area is 159 Å². The molecule has 1 heterocycles. The Balaban J connectivity index is 2.15. The Bertz CT molecular complexity index is 668. The first-order chi connectivity index (χ1) is 12.1. The smallest absolute Gasteiger partial charge is 0.317 e. The predicted octanol–water partition coefficient (Wildman–Crippen LogP) is 4.12. The summed E-state index contributed by atoms with van der Waals surface area (Å²) in [6, 6.07) is 1.96. The van der Waals surface area contributed by atoms with Crippen molar-refractivity contribution >= 4 is 28.9 Å². The van der Waals surface area contributed by atoms with Crippen molar-refractivity contribution in [3.05, 3.63) is 21.9 Å². The van der Waals surface area contributed by atoms with Crippen LogP contribution in [0.1, 0.15) is 73.4 Å². The zero-order valence-electron chi connectivity index (χ0n) is 16.1. The fourth-order valence-corrected chi connectivity index (χ4v) is 4.47. The van der Waals surface area contributed by atoms with Crippen molar-refractivity contribution in [2.24, 2.45) is 11.3 Å². The number of hydrogen-bond donors (Lipinski definition) is 1. The maximum atomic E-state index is 13.0. The highest BCUT2D eigenvalue weighted by Crippen LogP contribution is 2.29. The average Bonchev–Trinajstić information content (AvgIpc) is 3.22. The summed E-state index contributed by atoms with van der Waals surface area (Å²) in [7, 11) is 0. The molecule has 0 aromatic carbocycles. The zero-order valence-corrected chi connectivity index (χ0v) is 16.9. The van der Waals surface area contributed by atoms with Crippen molar-refractivity contribution in [2.45, 2.75) is 59.4 Å². The molecule has 5 nitrogen and oxygen atoms in total. The van der Waals surface area contributed by atoms with Gasteiger partial charge in [0.2, 0.25) is 0 Å². The lowest BCUT2D eigenvalue weighted by molar-refractivity contribution is -0.139. The number of carbonyl (C=O) groups excluding carboxylic acids is 2. The highest BCUT2D eigenvalue weighted by molar-refractivity contribution is 7.12. The molecule has 1 aromatic rings. The number of carbonyl (C=O) groups is 3. The van der Waals surface area contributed by atoms with Crippen molar-refractivity contribution in [1.82, 2.24) is 4.90 Å². The van der Waals surface area contributed by atoms with E-state index in [4.69, 9.17) is 0 Å². The van der Waals surface area contributed by atoms with Gasteiger partial charge in [-0.3, -0.25) is 19.3 Å². The van der Waals surface area contributed by atoms with E-state index in [1.165, 1.54) is 11.3 Å². The fourth-order valence-electron chi connectivity index (χ4n) is 3.53. The third-order valence-electron chi connectivity index (χ3n) is 4.95. The van der Waals surface area contributed by atoms with Gasteiger partial charge in [0.05, 0.1) is 11.4 Å². The Morgan fingerprint density at radius 3 is 2.42 bits per heavy atom. The lowest BCUT2D eigenvalue weighted by Crippen LogP contribution is -2.41. The normalized spacial score (nSPS) is 16.8. The fraction of sp³-hybridized carbons (Fsp3) is 0.650. The molecule has 0 amide bonds. The molecular formula is C20H29NO4S. The van der Waals surface area contributed by atoms with Crippen LogP contribution < -0.4 is 0 Å². The summed E-state index contributed by atoms with van der Waals surface area (Å²) < 4.78 is 0. The van der Waals surface area contributed by atoms with E-state index in [0.29, 0.717) is 17.0 Å². The molecule has 0 bridgehead atoms. The molecule has 0 aliphatic heterocycles. The standard InChI is InChI=1S/C20H29NO4S/c1-13(11-21(12-16(22)23)14-7-5-6-8-14)17(24)18-15(9-10-26-18)19(25)20(2,3)4/h9-10,13-14H,5-8,11-12H2,1-4H3,(H,22,23). The molecule has 26 heavy (non-hydrogen) atoms. The van der Waals surface area contributed by atoms with Gasteiger partial charge in [0.25, 0.3) is 0 Å². The first kappa shape index (κ1) is 20.8. The molecule has 0 spiro atoms. The molecule has 1 N–H and O–H groups in total. The highest BCUT2D eigenvalue weighted by Gasteiger charge is 2.32. The van der Waals surface area contributed by atoms with Gasteiger partial charge >= 0.3 is 5.97 Å². The Hall–Kier alpha value is -1.53. The van der Waals surface area contributed by atoms with E-state index in [9.17, 15) is 19.5 Å². The van der Waals surface area contributed by atoms with Crippen LogP contribution in [-0.2, 0) is 4.79 Å². The summed E-state index contributed by atoms with van der Waals surface area (Å²) in [5.41, 5.74) is -0.0524. The molecule has 1 aliphatic rings. The molecule has 2 rings (SSSR count). The van der Waals surface area contributed by atoms with Gasteiger partial charge in [0.15, 0.2) is 11.6 Å². The molecule has 1 aromatic heterocycles. The molecule has 1 unspecified atom stereocenters. The van der Waals surface area contributed by atoms with Gasteiger partial charge in [-0.1, -0.05) is 40.5 Å². The van der Waals surface area contributed by atoms with E-state index in [-0.39, 0.29) is 30.1 Å². The van der Waals surface area contributed by atoms with E-state index in [0.717, 1.165) is 25.7 Å². The number of thiophene rings is 1. The second kappa shape index (κ2) is 8.44. The van der Waals surface area contributed by atoms with Crippen molar-refractivity contribution < 1.29 is 19.5 Å². The van der Waals surface area contributed by atoms with Crippen molar-refractivity contribution in [3.8, 4) is 0 Å². The van der Waals surface area contributed by atoms with Crippen LogP contribution in [0.2, 0.25) is 0 Å². The van der Waals surface area contributed by atoms with E-state index in [2.05, 4.69) is 0 Å². The molecule has 1 fully saturated rings. The quantitative estimate of drug-likeness (QED) is 0.688. The predicted molar refractivity (Wildman–Crippen MR) is 103 cm³/mol. The first-order valence-corrected chi connectivity index (χ1v) is 10.1. The summed E-state index contributed by atoms with van der Waals surface area (Å²) in [5.74, 6) is -1.31. The maximum Gasteiger partial charge on any atom is 0.317 e. The third kappa shape index (κ3) is 5.01. The SMILES string of the molecule is CC(CN(CC(=O)O)C1CCCC1)C(=O)c1sccc1C(=O)C(C)(C)C. The number of aliphatic carboxylic acids is 1. The number of ketones is 2. The number of carboxylic acid groups (broad SMARTS) is 1. The number of nitrogens with zero attached hydrogens (tertiary/aromatic N) is 1. The maximum absolute atomic E-state index is 13.0. The van der Waals surface area contributed by atoms with Crippen LogP contribution in [-0.4, -0.2) is 46.7 Å². The molecule has 1 saturated carbocycles. The second-order valence-corrected chi connectivity index (χ2v) is 9.19. The van der Waals surface area contributed by atoms with Crippen molar-refractivity contribution in [3.63, 3.8) is 0 Å². The van der Waals surface area contributed by atoms with Crippen LogP contribution >= 0.6 is 11.3 Å². The van der Waals surface area contributed by atoms with Gasteiger partial charge in [-0.05, 0) is 24.3 Å². The van der Waals surface area contributed by atoms with Gasteiger partial charge in [-0.15, -0.1) is 11.3 Å². The van der Waals surface area contributed by atoms with Crippen LogP contribution in [0.4, 0.5) is 0 Å². The molecule has 144 valence electrons. The van der Waals surface area contributed by atoms with Gasteiger partial charge in [0, 0.05) is 29.5 Å². The molecule has 1 atom stereocenters. The summed E-state index contributed by atoms with van der Waals surface area (Å²) >= 11 is 1.30. The van der Waals surface area contributed by atoms with Gasteiger partial charge in [-0.25, -0.2) is 0 Å². The summed E-state index contributed by atoms with van der Waals surface area (Å²) in [6.45, 7) is 7.74. The number of hydrogen-bond acceptors (Lipinski definition) is 5. The second-order valence-electron chi connectivity index (χ2n) is 8.27. The minimum Gasteiger partial charge on any atom is -0.480 e. The van der Waals surface area contributed by atoms with E-state index in [1.54, 1.807) is 11.4 Å². The van der Waals surface area contributed by atoms with E-state index >= 15 is 0 Å². The van der Waals surface area contributed by atoms with Crippen LogP contribution in [0.3, 0.4) is 0 Å². The number of Topliss-reactive ketones (excluding diaryl/α,β-unsaturated/α-hetero) is 2. The highest BCUT2D eigenvalue weighted by atomic mass is 32.1. The largest absolute Gasteiger partial charge is 0.480 e. The number of carboxylic acids is 1. The molecule has 1 aliphatic carbocycles. The Morgan fingerprint density at radius 1 is 1.27 bits per heavy atom. The van der Waals surface area contributed by atoms with Gasteiger partial charge in [0.1, 0.15) is 0 Å². The summed E-state index contributed by atoms with van der Waals surface area (Å²) in [5, 5.41) is 11.0. The average molecular weight is 380 g/mol. The van der Waals surface area contributed by atoms with Crippen LogP contribution in [0, 0.1) is 11.3 Å². The van der Waals surface area contributed by atoms with E-state index in [1.807, 2.05) is 32.6 Å². The van der Waals surface area contributed by atoms with Crippen molar-refractivity contribution in [1.29, 1.82) is 0 Å². The lowest BCUT2D eigenvalue weighted by Gasteiger charge is -2.29. The lowest BCUT2D eigenvalue weighted by atomic mass is 9.85. The molecule has 6 heteroatoms. The molecule has 0 radical (unpaired) electrons. The zero-order chi connectivity index (χ0) is 19.5. The Kier molecular flexibility index (Phi) is 6.74. The van der Waals surface area contributed by atoms with Crippen LogP contribution in [0.25, 0.3) is 0 Å². The summed E-state index contributed by atoms with van der Waals surface area (Å²) in [4.78, 5) is 39.3. The monoisotopic (exact) mass is 379 g/mol. The minimum absolute atomic E-state index is 0.0347. The van der Waals surface area contributed by atoms with E-state index < -0.39 is 11.4 Å². The molecule has 0 saturated heterocycles. The third-order valence-corrected chi connectivity index (χ3v) is 5.88. The Morgan fingerprint density at radius 2 is 1.88 bits per heavy atom.